The lowest BCUT2D eigenvalue weighted by Gasteiger charge is -2.12. The van der Waals surface area contributed by atoms with Crippen LogP contribution in [0.1, 0.15) is 32.3 Å². The van der Waals surface area contributed by atoms with E-state index in [1.807, 2.05) is 13.8 Å². The molecule has 166 valence electrons. The molecule has 2 aromatic heterocycles. The normalized spacial score (nSPS) is 11.8. The molecule has 0 spiro atoms. The summed E-state index contributed by atoms with van der Waals surface area (Å²) >= 11 is 1.33. The summed E-state index contributed by atoms with van der Waals surface area (Å²) in [5.41, 5.74) is -0.481. The molecule has 0 bridgehead atoms. The molecule has 3 rings (SSSR count). The number of carbonyl (C=O) groups is 1. The van der Waals surface area contributed by atoms with Crippen LogP contribution in [0.3, 0.4) is 0 Å². The van der Waals surface area contributed by atoms with Crippen molar-refractivity contribution < 1.29 is 22.4 Å². The lowest BCUT2D eigenvalue weighted by molar-refractivity contribution is -0.137. The highest BCUT2D eigenvalue weighted by atomic mass is 32.2. The average molecular weight is 453 g/mol. The van der Waals surface area contributed by atoms with Gasteiger partial charge in [-0.2, -0.15) is 13.2 Å². The van der Waals surface area contributed by atoms with Crippen LogP contribution < -0.4 is 5.32 Å². The van der Waals surface area contributed by atoms with Crippen LogP contribution in [0.25, 0.3) is 17.3 Å². The molecule has 31 heavy (non-hydrogen) atoms. The number of carbonyl (C=O) groups excluding carboxylic acids is 1. The number of aromatic nitrogens is 3. The SMILES string of the molecule is CC(C)CNC(=O)CCCSc1nnc(-c2ccco2)n1-c1cccc(C(F)(F)F)c1. The number of halogens is 3. The van der Waals surface area contributed by atoms with E-state index in [1.54, 1.807) is 18.2 Å². The first-order chi connectivity index (χ1) is 14.8. The molecule has 6 nitrogen and oxygen atoms in total. The summed E-state index contributed by atoms with van der Waals surface area (Å²) in [7, 11) is 0. The molecule has 0 unspecified atom stereocenters. The Morgan fingerprint density at radius 3 is 2.71 bits per heavy atom. The molecular weight excluding hydrogens is 429 g/mol. The van der Waals surface area contributed by atoms with Gasteiger partial charge in [0.1, 0.15) is 0 Å². The Morgan fingerprint density at radius 1 is 1.23 bits per heavy atom. The van der Waals surface area contributed by atoms with E-state index in [4.69, 9.17) is 4.42 Å². The first kappa shape index (κ1) is 22.9. The van der Waals surface area contributed by atoms with E-state index in [0.29, 0.717) is 47.8 Å². The molecule has 10 heteroatoms. The number of alkyl halides is 3. The van der Waals surface area contributed by atoms with E-state index >= 15 is 0 Å². The van der Waals surface area contributed by atoms with E-state index in [1.165, 1.54) is 28.7 Å². The monoisotopic (exact) mass is 452 g/mol. The minimum atomic E-state index is -4.47. The van der Waals surface area contributed by atoms with Gasteiger partial charge in [-0.3, -0.25) is 9.36 Å². The molecule has 0 saturated heterocycles. The molecule has 0 aliphatic carbocycles. The Bertz CT molecular complexity index is 1000. The van der Waals surface area contributed by atoms with E-state index in [-0.39, 0.29) is 11.6 Å². The van der Waals surface area contributed by atoms with Gasteiger partial charge in [0.2, 0.25) is 11.7 Å². The molecule has 0 fully saturated rings. The Kier molecular flexibility index (Phi) is 7.42. The van der Waals surface area contributed by atoms with Crippen LogP contribution in [0.5, 0.6) is 0 Å². The molecule has 1 amide bonds. The minimum Gasteiger partial charge on any atom is -0.461 e. The molecule has 0 aliphatic rings. The molecule has 2 heterocycles. The highest BCUT2D eigenvalue weighted by molar-refractivity contribution is 7.99. The van der Waals surface area contributed by atoms with E-state index in [0.717, 1.165) is 12.1 Å². The van der Waals surface area contributed by atoms with Crippen molar-refractivity contribution in [2.24, 2.45) is 5.92 Å². The van der Waals surface area contributed by atoms with Crippen molar-refractivity contribution in [2.75, 3.05) is 12.3 Å². The fraction of sp³-hybridized carbons (Fsp3) is 0.381. The van der Waals surface area contributed by atoms with Crippen LogP contribution in [0.15, 0.2) is 52.2 Å². The second-order valence-corrected chi connectivity index (χ2v) is 8.38. The van der Waals surface area contributed by atoms with Crippen molar-refractivity contribution in [3.05, 3.63) is 48.2 Å². The number of thioether (sulfide) groups is 1. The van der Waals surface area contributed by atoms with Crippen molar-refractivity contribution in [3.8, 4) is 17.3 Å². The number of hydrogen-bond acceptors (Lipinski definition) is 5. The smallest absolute Gasteiger partial charge is 0.416 e. The number of hydrogen-bond donors (Lipinski definition) is 1. The predicted molar refractivity (Wildman–Crippen MR) is 112 cm³/mol. The first-order valence-corrected chi connectivity index (χ1v) is 10.8. The third-order valence-corrected chi connectivity index (χ3v) is 5.31. The van der Waals surface area contributed by atoms with Gasteiger partial charge in [0.05, 0.1) is 17.5 Å². The van der Waals surface area contributed by atoms with Crippen molar-refractivity contribution in [1.29, 1.82) is 0 Å². The van der Waals surface area contributed by atoms with Crippen molar-refractivity contribution in [2.45, 2.75) is 38.0 Å². The Hall–Kier alpha value is -2.75. The summed E-state index contributed by atoms with van der Waals surface area (Å²) in [4.78, 5) is 11.9. The van der Waals surface area contributed by atoms with Gasteiger partial charge in [0, 0.05) is 18.7 Å². The second-order valence-electron chi connectivity index (χ2n) is 7.32. The van der Waals surface area contributed by atoms with Gasteiger partial charge >= 0.3 is 6.18 Å². The zero-order valence-corrected chi connectivity index (χ0v) is 18.0. The van der Waals surface area contributed by atoms with Crippen LogP contribution >= 0.6 is 11.8 Å². The quantitative estimate of drug-likeness (QED) is 0.357. The summed E-state index contributed by atoms with van der Waals surface area (Å²) in [5.74, 6) is 1.62. The van der Waals surface area contributed by atoms with E-state index in [2.05, 4.69) is 15.5 Å². The Labute approximate surface area is 182 Å². The van der Waals surface area contributed by atoms with Crippen LogP contribution in [0, 0.1) is 5.92 Å². The zero-order valence-electron chi connectivity index (χ0n) is 17.1. The second kappa shape index (κ2) is 10.0. The fourth-order valence-corrected chi connectivity index (χ4v) is 3.68. The van der Waals surface area contributed by atoms with Gasteiger partial charge in [-0.15, -0.1) is 10.2 Å². The standard InChI is InChI=1S/C21H23F3N4O2S/c1-14(2)13-25-18(29)9-5-11-31-20-27-26-19(17-8-4-10-30-17)28(20)16-7-3-6-15(12-16)21(22,23)24/h3-4,6-8,10,12,14H,5,9,11,13H2,1-2H3,(H,25,29). The molecule has 0 atom stereocenters. The van der Waals surface area contributed by atoms with E-state index in [9.17, 15) is 18.0 Å². The molecule has 0 saturated carbocycles. The van der Waals surface area contributed by atoms with Crippen LogP contribution in [0.4, 0.5) is 13.2 Å². The maximum atomic E-state index is 13.2. The van der Waals surface area contributed by atoms with Gasteiger partial charge < -0.3 is 9.73 Å². The Balaban J connectivity index is 1.78. The lowest BCUT2D eigenvalue weighted by atomic mass is 10.2. The highest BCUT2D eigenvalue weighted by Crippen LogP contribution is 2.33. The Morgan fingerprint density at radius 2 is 2.03 bits per heavy atom. The van der Waals surface area contributed by atoms with Gasteiger partial charge in [0.15, 0.2) is 10.9 Å². The lowest BCUT2D eigenvalue weighted by Crippen LogP contribution is -2.27. The molecule has 1 N–H and O–H groups in total. The third kappa shape index (κ3) is 6.13. The molecule has 3 aromatic rings. The van der Waals surface area contributed by atoms with Gasteiger partial charge in [-0.1, -0.05) is 31.7 Å². The summed E-state index contributed by atoms with van der Waals surface area (Å²) in [6.45, 7) is 4.67. The molecule has 0 radical (unpaired) electrons. The summed E-state index contributed by atoms with van der Waals surface area (Å²) in [5, 5.41) is 11.6. The zero-order chi connectivity index (χ0) is 22.4. The van der Waals surface area contributed by atoms with Crippen LogP contribution in [-0.2, 0) is 11.0 Å². The van der Waals surface area contributed by atoms with Crippen LogP contribution in [-0.4, -0.2) is 33.0 Å². The maximum absolute atomic E-state index is 13.2. The molecule has 0 aliphatic heterocycles. The summed E-state index contributed by atoms with van der Waals surface area (Å²) in [6, 6.07) is 8.32. The summed E-state index contributed by atoms with van der Waals surface area (Å²) < 4.78 is 46.6. The van der Waals surface area contributed by atoms with Gasteiger partial charge in [-0.05, 0) is 42.7 Å². The number of furan rings is 1. The van der Waals surface area contributed by atoms with Crippen molar-refractivity contribution in [1.82, 2.24) is 20.1 Å². The number of amides is 1. The van der Waals surface area contributed by atoms with Gasteiger partial charge in [-0.25, -0.2) is 0 Å². The fourth-order valence-electron chi connectivity index (χ4n) is 2.79. The number of nitrogens with zero attached hydrogens (tertiary/aromatic N) is 3. The highest BCUT2D eigenvalue weighted by Gasteiger charge is 2.31. The van der Waals surface area contributed by atoms with Crippen molar-refractivity contribution >= 4 is 17.7 Å². The molecule has 1 aromatic carbocycles. The topological polar surface area (TPSA) is 73.0 Å². The number of benzene rings is 1. The third-order valence-electron chi connectivity index (χ3n) is 4.29. The summed E-state index contributed by atoms with van der Waals surface area (Å²) in [6.07, 6.45) is -2.04. The molecular formula is C21H23F3N4O2S. The largest absolute Gasteiger partial charge is 0.461 e. The average Bonchev–Trinajstić information content (AvgIpc) is 3.38. The predicted octanol–water partition coefficient (Wildman–Crippen LogP) is 5.19. The van der Waals surface area contributed by atoms with Crippen molar-refractivity contribution in [3.63, 3.8) is 0 Å². The number of rotatable bonds is 9. The van der Waals surface area contributed by atoms with E-state index < -0.39 is 11.7 Å². The minimum absolute atomic E-state index is 0.0232. The van der Waals surface area contributed by atoms with Gasteiger partial charge in [0.25, 0.3) is 0 Å². The van der Waals surface area contributed by atoms with Crippen LogP contribution in [0.2, 0.25) is 0 Å². The number of nitrogens with one attached hydrogen (secondary N) is 1. The maximum Gasteiger partial charge on any atom is 0.416 e. The first-order valence-electron chi connectivity index (χ1n) is 9.82.